The van der Waals surface area contributed by atoms with Crippen LogP contribution in [-0.4, -0.2) is 32.0 Å². The Bertz CT molecular complexity index is 333. The quantitative estimate of drug-likeness (QED) is 0.749. The zero-order valence-corrected chi connectivity index (χ0v) is 10.4. The van der Waals surface area contributed by atoms with Gasteiger partial charge in [0, 0.05) is 18.7 Å². The van der Waals surface area contributed by atoms with Crippen molar-refractivity contribution in [1.29, 1.82) is 0 Å². The minimum absolute atomic E-state index is 0.0110. The highest BCUT2D eigenvalue weighted by Crippen LogP contribution is 2.22. The third-order valence-corrected chi connectivity index (χ3v) is 2.83. The van der Waals surface area contributed by atoms with Crippen LogP contribution < -0.4 is 5.32 Å². The van der Waals surface area contributed by atoms with Gasteiger partial charge in [0.05, 0.1) is 18.8 Å². The van der Waals surface area contributed by atoms with Gasteiger partial charge < -0.3 is 15.2 Å². The maximum absolute atomic E-state index is 9.48. The third-order valence-electron chi connectivity index (χ3n) is 2.60. The molecule has 1 aromatic rings. The Morgan fingerprint density at radius 2 is 2.25 bits per heavy atom. The smallest absolute Gasteiger partial charge is 0.0652 e. The number of halogens is 1. The minimum Gasteiger partial charge on any atom is -0.394 e. The molecule has 0 saturated heterocycles. The van der Waals surface area contributed by atoms with Crippen molar-refractivity contribution in [2.45, 2.75) is 12.5 Å². The molecule has 2 N–H and O–H groups in total. The average Bonchev–Trinajstić information content (AvgIpc) is 2.29. The van der Waals surface area contributed by atoms with Crippen molar-refractivity contribution in [3.63, 3.8) is 0 Å². The average molecular weight is 244 g/mol. The van der Waals surface area contributed by atoms with Crippen molar-refractivity contribution in [3.8, 4) is 0 Å². The highest BCUT2D eigenvalue weighted by atomic mass is 35.5. The lowest BCUT2D eigenvalue weighted by molar-refractivity contribution is 0.148. The molecule has 0 heterocycles. The second-order valence-corrected chi connectivity index (χ2v) is 4.36. The van der Waals surface area contributed by atoms with Gasteiger partial charge in [-0.3, -0.25) is 0 Å². The molecule has 0 aliphatic carbocycles. The Hall–Kier alpha value is -0.610. The largest absolute Gasteiger partial charge is 0.394 e. The summed E-state index contributed by atoms with van der Waals surface area (Å²) in [6.07, 6.45) is 0. The van der Waals surface area contributed by atoms with E-state index in [4.69, 9.17) is 16.3 Å². The second-order valence-electron chi connectivity index (χ2n) is 3.92. The molecule has 0 bridgehead atoms. The third kappa shape index (κ3) is 3.46. The number of nitrogens with one attached hydrogen (secondary N) is 1. The molecule has 0 saturated carbocycles. The molecule has 16 heavy (non-hydrogen) atoms. The molecule has 0 amide bonds. The summed E-state index contributed by atoms with van der Waals surface area (Å²) in [5.41, 5.74) is 0.488. The number of hydrogen-bond donors (Lipinski definition) is 2. The Balaban J connectivity index is 2.78. The first-order valence-corrected chi connectivity index (χ1v) is 5.61. The highest BCUT2D eigenvalue weighted by Gasteiger charge is 2.24. The molecule has 1 atom stereocenters. The predicted octanol–water partition coefficient (Wildman–Crippen LogP) is 1.78. The van der Waals surface area contributed by atoms with Gasteiger partial charge in [-0.1, -0.05) is 23.7 Å². The summed E-state index contributed by atoms with van der Waals surface area (Å²) in [6.45, 7) is 3.24. The summed E-state index contributed by atoms with van der Waals surface area (Å²) in [5, 5.41) is 13.4. The summed E-state index contributed by atoms with van der Waals surface area (Å²) >= 11 is 5.94. The summed E-state index contributed by atoms with van der Waals surface area (Å²) in [7, 11) is 1.65. The van der Waals surface area contributed by atoms with Crippen molar-refractivity contribution in [3.05, 3.63) is 34.9 Å². The number of ether oxygens (including phenoxy) is 1. The van der Waals surface area contributed by atoms with Gasteiger partial charge in [0.25, 0.3) is 0 Å². The second kappa shape index (κ2) is 6.21. The topological polar surface area (TPSA) is 41.5 Å². The lowest BCUT2D eigenvalue weighted by atomic mass is 9.93. The molecular formula is C12H18ClNO2. The normalized spacial score (nSPS) is 14.8. The Morgan fingerprint density at radius 1 is 1.50 bits per heavy atom. The van der Waals surface area contributed by atoms with Crippen LogP contribution in [-0.2, 0) is 10.3 Å². The van der Waals surface area contributed by atoms with E-state index in [0.717, 1.165) is 5.56 Å². The monoisotopic (exact) mass is 243 g/mol. The lowest BCUT2D eigenvalue weighted by Crippen LogP contribution is -2.44. The van der Waals surface area contributed by atoms with Crippen molar-refractivity contribution >= 4 is 11.6 Å². The molecule has 1 rings (SSSR count). The fraction of sp³-hybridized carbons (Fsp3) is 0.500. The van der Waals surface area contributed by atoms with Gasteiger partial charge in [-0.05, 0) is 24.6 Å². The number of benzene rings is 1. The van der Waals surface area contributed by atoms with Crippen LogP contribution in [0, 0.1) is 0 Å². The van der Waals surface area contributed by atoms with Gasteiger partial charge in [-0.25, -0.2) is 0 Å². The number of aliphatic hydroxyl groups excluding tert-OH is 1. The molecular weight excluding hydrogens is 226 g/mol. The number of aliphatic hydroxyl groups is 1. The summed E-state index contributed by atoms with van der Waals surface area (Å²) < 4.78 is 4.97. The van der Waals surface area contributed by atoms with Crippen LogP contribution in [0.25, 0.3) is 0 Å². The molecule has 1 aromatic carbocycles. The first kappa shape index (κ1) is 13.5. The molecule has 3 nitrogen and oxygen atoms in total. The Kier molecular flexibility index (Phi) is 5.22. The van der Waals surface area contributed by atoms with Gasteiger partial charge in [0.1, 0.15) is 0 Å². The first-order chi connectivity index (χ1) is 7.62. The standard InChI is InChI=1S/C12H18ClNO2/c1-12(9-15,14-6-7-16-2)10-4-3-5-11(13)8-10/h3-5,8,14-15H,6-7,9H2,1-2H3. The number of rotatable bonds is 6. The van der Waals surface area contributed by atoms with Gasteiger partial charge >= 0.3 is 0 Å². The molecule has 0 radical (unpaired) electrons. The molecule has 0 aliphatic rings. The Labute approximate surface area is 101 Å². The van der Waals surface area contributed by atoms with E-state index >= 15 is 0 Å². The van der Waals surface area contributed by atoms with E-state index in [0.29, 0.717) is 18.2 Å². The number of hydrogen-bond acceptors (Lipinski definition) is 3. The zero-order chi connectivity index (χ0) is 12.0. The van der Waals surface area contributed by atoms with Gasteiger partial charge in [0.15, 0.2) is 0 Å². The lowest BCUT2D eigenvalue weighted by Gasteiger charge is -2.29. The van der Waals surface area contributed by atoms with Gasteiger partial charge in [-0.15, -0.1) is 0 Å². The molecule has 0 aromatic heterocycles. The van der Waals surface area contributed by atoms with Crippen molar-refractivity contribution in [1.82, 2.24) is 5.32 Å². The van der Waals surface area contributed by atoms with E-state index in [9.17, 15) is 5.11 Å². The van der Waals surface area contributed by atoms with E-state index < -0.39 is 5.54 Å². The van der Waals surface area contributed by atoms with Crippen LogP contribution in [0.15, 0.2) is 24.3 Å². The van der Waals surface area contributed by atoms with E-state index in [1.807, 2.05) is 31.2 Å². The molecule has 0 fully saturated rings. The van der Waals surface area contributed by atoms with Gasteiger partial charge in [-0.2, -0.15) is 0 Å². The predicted molar refractivity (Wildman–Crippen MR) is 65.8 cm³/mol. The van der Waals surface area contributed by atoms with Crippen LogP contribution in [0.1, 0.15) is 12.5 Å². The van der Waals surface area contributed by atoms with Crippen LogP contribution in [0.2, 0.25) is 5.02 Å². The minimum atomic E-state index is -0.483. The van der Waals surface area contributed by atoms with Crippen LogP contribution in [0.3, 0.4) is 0 Å². The van der Waals surface area contributed by atoms with Crippen molar-refractivity contribution in [2.24, 2.45) is 0 Å². The number of methoxy groups -OCH3 is 1. The fourth-order valence-corrected chi connectivity index (χ4v) is 1.70. The summed E-state index contributed by atoms with van der Waals surface area (Å²) in [4.78, 5) is 0. The van der Waals surface area contributed by atoms with Crippen LogP contribution in [0.5, 0.6) is 0 Å². The summed E-state index contributed by atoms with van der Waals surface area (Å²) in [5.74, 6) is 0. The van der Waals surface area contributed by atoms with Crippen LogP contribution in [0.4, 0.5) is 0 Å². The zero-order valence-electron chi connectivity index (χ0n) is 9.66. The van der Waals surface area contributed by atoms with Crippen molar-refractivity contribution in [2.75, 3.05) is 26.9 Å². The van der Waals surface area contributed by atoms with E-state index in [1.54, 1.807) is 7.11 Å². The molecule has 0 spiro atoms. The van der Waals surface area contributed by atoms with Crippen molar-refractivity contribution < 1.29 is 9.84 Å². The Morgan fingerprint density at radius 3 is 2.81 bits per heavy atom. The summed E-state index contributed by atoms with van der Waals surface area (Å²) in [6, 6.07) is 7.50. The molecule has 90 valence electrons. The first-order valence-electron chi connectivity index (χ1n) is 5.23. The maximum atomic E-state index is 9.48. The highest BCUT2D eigenvalue weighted by molar-refractivity contribution is 6.30. The molecule has 0 aliphatic heterocycles. The molecule has 1 unspecified atom stereocenters. The molecule has 4 heteroatoms. The van der Waals surface area contributed by atoms with Gasteiger partial charge in [0.2, 0.25) is 0 Å². The maximum Gasteiger partial charge on any atom is 0.0652 e. The van der Waals surface area contributed by atoms with E-state index in [1.165, 1.54) is 0 Å². The fourth-order valence-electron chi connectivity index (χ4n) is 1.51. The van der Waals surface area contributed by atoms with E-state index in [2.05, 4.69) is 5.32 Å². The van der Waals surface area contributed by atoms with E-state index in [-0.39, 0.29) is 6.61 Å². The SMILES string of the molecule is COCCNC(C)(CO)c1cccc(Cl)c1. The van der Waals surface area contributed by atoms with Crippen LogP contribution >= 0.6 is 11.6 Å².